The van der Waals surface area contributed by atoms with Crippen LogP contribution >= 0.6 is 0 Å². The number of hydrogen-bond acceptors (Lipinski definition) is 4. The Balaban J connectivity index is 0.926. The quantitative estimate of drug-likeness (QED) is 0.158. The van der Waals surface area contributed by atoms with Crippen LogP contribution in [0.1, 0.15) is 22.3 Å². The van der Waals surface area contributed by atoms with E-state index >= 15 is 0 Å². The topological polar surface area (TPSA) is 125 Å². The lowest BCUT2D eigenvalue weighted by molar-refractivity contribution is 1.01. The highest BCUT2D eigenvalue weighted by Crippen LogP contribution is 2.51. The molecule has 10 heteroatoms. The van der Waals surface area contributed by atoms with Crippen molar-refractivity contribution in [3.63, 3.8) is 0 Å². The molecule has 10 nitrogen and oxygen atoms in total. The third-order valence-electron chi connectivity index (χ3n) is 20.4. The molecule has 0 aliphatic carbocycles. The fraction of sp³-hybridized carbons (Fsp3) is 0. The molecule has 0 saturated carbocycles. The zero-order valence-electron chi connectivity index (χ0n) is 52.2. The van der Waals surface area contributed by atoms with Crippen molar-refractivity contribution >= 4 is 131 Å². The van der Waals surface area contributed by atoms with Gasteiger partial charge in [0.2, 0.25) is 0 Å². The second kappa shape index (κ2) is 20.7. The Hall–Kier alpha value is -14.2. The number of nitriles is 4. The minimum Gasteiger partial charge on any atom is -0.307 e. The fourth-order valence-corrected chi connectivity index (χ4v) is 16.5. The normalized spacial score (nSPS) is 11.8. The molecule has 14 aromatic carbocycles. The number of nitrogens with zero attached hydrogens (tertiary/aromatic N) is 10. The number of benzene rings is 14. The SMILES string of the molecule is N#Cc1cc(-n2c3ccccc3c3ccccc32)c(-n2c3ccccc3c3cc(-c4cccc5c4c4ccccc4n5-c4c(C#N)c(C#N)c(-n5c6ccccc6c6ccccc65)c(-n5c6ccccc6c6ccccc65)c4-n4c5ccccc5c5ccccc54)ccc32)cc1C#N. The Morgan fingerprint density at radius 2 is 0.469 bits per heavy atom. The van der Waals surface area contributed by atoms with E-state index < -0.39 is 0 Å². The summed E-state index contributed by atoms with van der Waals surface area (Å²) in [7, 11) is 0. The van der Waals surface area contributed by atoms with Crippen LogP contribution in [0, 0.1) is 45.3 Å². The van der Waals surface area contributed by atoms with Crippen molar-refractivity contribution in [3.8, 4) is 69.5 Å². The van der Waals surface area contributed by atoms with Crippen LogP contribution in [0.25, 0.3) is 176 Å². The van der Waals surface area contributed by atoms with Crippen LogP contribution in [-0.2, 0) is 0 Å². The largest absolute Gasteiger partial charge is 0.307 e. The minimum absolute atomic E-state index is 0.218. The number of aromatic nitrogens is 6. The van der Waals surface area contributed by atoms with Crippen molar-refractivity contribution in [1.29, 1.82) is 21.0 Å². The van der Waals surface area contributed by atoms with E-state index in [1.807, 2.05) is 42.5 Å². The van der Waals surface area contributed by atoms with E-state index in [0.717, 1.165) is 159 Å². The molecule has 0 aliphatic rings. The van der Waals surface area contributed by atoms with Gasteiger partial charge >= 0.3 is 0 Å². The number of rotatable bonds is 7. The Morgan fingerprint density at radius 3 is 0.806 bits per heavy atom. The maximum atomic E-state index is 12.6. The molecule has 450 valence electrons. The molecule has 0 atom stereocenters. The number of hydrogen-bond donors (Lipinski definition) is 0. The molecule has 0 spiro atoms. The average Bonchev–Trinajstić information content (AvgIpc) is 1.49. The zero-order valence-corrected chi connectivity index (χ0v) is 52.2. The molecule has 0 unspecified atom stereocenters. The van der Waals surface area contributed by atoms with Gasteiger partial charge in [0, 0.05) is 64.6 Å². The van der Waals surface area contributed by atoms with Crippen LogP contribution in [0.4, 0.5) is 0 Å². The van der Waals surface area contributed by atoms with E-state index in [1.54, 1.807) is 0 Å². The standard InChI is InChI=1S/C88H48N10/c89-49-54-47-82(93-70-33-11-1-22-57(70)58-23-2-12-34-71(58)93)83(48-55(54)50-90)94-72-35-13-9-30-65(72)67-46-53(44-45-80(67)94)56-32-21-43-81-84(56)66-31-10-20-42-79(66)98(81)86-69(52-92)68(51-91)85(95-73-36-14-3-24-59(73)60-25-4-15-37-74(60)95)87(96-75-38-16-5-26-61(75)62-27-6-17-39-76(62)96)88(86)97-77-40-18-7-28-63(77)64-29-8-19-41-78(64)97/h1-48H. The third-order valence-corrected chi connectivity index (χ3v) is 20.4. The first-order valence-corrected chi connectivity index (χ1v) is 32.6. The molecular weight excluding hydrogens is 1200 g/mol. The van der Waals surface area contributed by atoms with E-state index in [4.69, 9.17) is 0 Å². The summed E-state index contributed by atoms with van der Waals surface area (Å²) in [5.74, 6) is 0. The van der Waals surface area contributed by atoms with Gasteiger partial charge in [0.15, 0.2) is 0 Å². The maximum absolute atomic E-state index is 12.6. The number of para-hydroxylation sites is 10. The second-order valence-electron chi connectivity index (χ2n) is 25.1. The lowest BCUT2D eigenvalue weighted by atomic mass is 9.97. The molecule has 20 rings (SSSR count). The third kappa shape index (κ3) is 7.29. The highest BCUT2D eigenvalue weighted by molar-refractivity contribution is 6.20. The Bertz CT molecular complexity index is 6910. The Morgan fingerprint density at radius 1 is 0.204 bits per heavy atom. The molecule has 98 heavy (non-hydrogen) atoms. The van der Waals surface area contributed by atoms with Crippen LogP contribution in [0.5, 0.6) is 0 Å². The van der Waals surface area contributed by atoms with E-state index in [-0.39, 0.29) is 16.7 Å². The summed E-state index contributed by atoms with van der Waals surface area (Å²) >= 11 is 0. The minimum atomic E-state index is 0.218. The molecule has 0 amide bonds. The summed E-state index contributed by atoms with van der Waals surface area (Å²) < 4.78 is 13.7. The lowest BCUT2D eigenvalue weighted by Gasteiger charge is -2.27. The highest BCUT2D eigenvalue weighted by atomic mass is 15.1. The Kier molecular flexibility index (Phi) is 11.5. The molecule has 0 aliphatic heterocycles. The molecule has 0 bridgehead atoms. The van der Waals surface area contributed by atoms with Crippen molar-refractivity contribution in [2.24, 2.45) is 0 Å². The van der Waals surface area contributed by atoms with Gasteiger partial charge in [-0.2, -0.15) is 21.0 Å². The first-order valence-electron chi connectivity index (χ1n) is 32.6. The molecular formula is C88H48N10. The van der Waals surface area contributed by atoms with Gasteiger partial charge in [0.1, 0.15) is 24.3 Å². The van der Waals surface area contributed by atoms with Gasteiger partial charge in [0.05, 0.1) is 123 Å². The van der Waals surface area contributed by atoms with E-state index in [1.165, 1.54) is 0 Å². The predicted octanol–water partition coefficient (Wildman–Crippen LogP) is 21.4. The first-order chi connectivity index (χ1) is 48.5. The zero-order chi connectivity index (χ0) is 65.0. The van der Waals surface area contributed by atoms with Crippen LogP contribution in [0.2, 0.25) is 0 Å². The van der Waals surface area contributed by atoms with Gasteiger partial charge in [-0.3, -0.25) is 0 Å². The monoisotopic (exact) mass is 1240 g/mol. The van der Waals surface area contributed by atoms with E-state index in [2.05, 4.69) is 300 Å². The highest BCUT2D eigenvalue weighted by Gasteiger charge is 2.35. The van der Waals surface area contributed by atoms with Crippen molar-refractivity contribution in [2.45, 2.75) is 0 Å². The molecule has 0 N–H and O–H groups in total. The van der Waals surface area contributed by atoms with E-state index in [0.29, 0.717) is 22.6 Å². The number of fused-ring (bicyclic) bond motifs is 18. The summed E-state index contributed by atoms with van der Waals surface area (Å²) in [6, 6.07) is 111. The summed E-state index contributed by atoms with van der Waals surface area (Å²) in [6.07, 6.45) is 0. The summed E-state index contributed by atoms with van der Waals surface area (Å²) in [6.45, 7) is 0. The second-order valence-corrected chi connectivity index (χ2v) is 25.1. The van der Waals surface area contributed by atoms with Gasteiger partial charge < -0.3 is 27.4 Å². The van der Waals surface area contributed by atoms with Gasteiger partial charge in [-0.05, 0) is 102 Å². The molecule has 6 heterocycles. The van der Waals surface area contributed by atoms with Gasteiger partial charge in [-0.1, -0.05) is 200 Å². The van der Waals surface area contributed by atoms with Crippen molar-refractivity contribution in [2.75, 3.05) is 0 Å². The molecule has 20 aromatic rings. The molecule has 6 aromatic heterocycles. The van der Waals surface area contributed by atoms with Crippen LogP contribution in [0.15, 0.2) is 291 Å². The smallest absolute Gasteiger partial charge is 0.103 e. The molecule has 0 radical (unpaired) electrons. The Labute approximate surface area is 559 Å². The van der Waals surface area contributed by atoms with Crippen molar-refractivity contribution in [3.05, 3.63) is 313 Å². The van der Waals surface area contributed by atoms with Gasteiger partial charge in [0.25, 0.3) is 0 Å². The van der Waals surface area contributed by atoms with Crippen molar-refractivity contribution in [1.82, 2.24) is 27.4 Å². The first kappa shape index (κ1) is 54.4. The maximum Gasteiger partial charge on any atom is 0.103 e. The lowest BCUT2D eigenvalue weighted by Crippen LogP contribution is -2.17. The summed E-state index contributed by atoms with van der Waals surface area (Å²) in [5.41, 5.74) is 18.0. The predicted molar refractivity (Wildman–Crippen MR) is 397 cm³/mol. The van der Waals surface area contributed by atoms with Crippen LogP contribution < -0.4 is 0 Å². The molecule has 0 fully saturated rings. The summed E-state index contributed by atoms with van der Waals surface area (Å²) in [5, 5.41) is 58.8. The van der Waals surface area contributed by atoms with E-state index in [9.17, 15) is 21.0 Å². The van der Waals surface area contributed by atoms with Crippen LogP contribution in [-0.4, -0.2) is 27.4 Å². The molecule has 0 saturated heterocycles. The fourth-order valence-electron chi connectivity index (χ4n) is 16.5. The van der Waals surface area contributed by atoms with Crippen LogP contribution in [0.3, 0.4) is 0 Å². The van der Waals surface area contributed by atoms with Gasteiger partial charge in [-0.15, -0.1) is 0 Å². The summed E-state index contributed by atoms with van der Waals surface area (Å²) in [4.78, 5) is 0. The van der Waals surface area contributed by atoms with Gasteiger partial charge in [-0.25, -0.2) is 0 Å². The average molecular weight is 1250 g/mol. The van der Waals surface area contributed by atoms with Crippen molar-refractivity contribution < 1.29 is 0 Å².